The molecule has 18 heavy (non-hydrogen) atoms. The molecule has 1 rings (SSSR count). The van der Waals surface area contributed by atoms with Crippen LogP contribution < -0.4 is 0 Å². The number of carboxylic acid groups (broad SMARTS) is 1. The minimum atomic E-state index is -1.49. The van der Waals surface area contributed by atoms with Crippen LogP contribution in [0.2, 0.25) is 25.2 Å². The van der Waals surface area contributed by atoms with Gasteiger partial charge in [0.25, 0.3) is 0 Å². The fourth-order valence-electron chi connectivity index (χ4n) is 2.07. The molecule has 0 saturated carbocycles. The van der Waals surface area contributed by atoms with Gasteiger partial charge in [-0.1, -0.05) is 13.1 Å². The third-order valence-electron chi connectivity index (χ3n) is 3.06. The summed E-state index contributed by atoms with van der Waals surface area (Å²) < 4.78 is 5.26. The molecule has 1 unspecified atom stereocenters. The number of ether oxygens (including phenoxy) is 1. The second kappa shape index (κ2) is 4.91. The van der Waals surface area contributed by atoms with Crippen molar-refractivity contribution in [3.63, 3.8) is 0 Å². The van der Waals surface area contributed by atoms with E-state index >= 15 is 0 Å². The Hall–Kier alpha value is -1.04. The van der Waals surface area contributed by atoms with E-state index in [4.69, 9.17) is 4.74 Å². The second-order valence-electron chi connectivity index (χ2n) is 6.65. The SMILES string of the molecule is CC(C)(C)OC(=O)N1CC[Si](C)(C)CC1C(=O)O. The molecule has 1 N–H and O–H groups in total. The minimum Gasteiger partial charge on any atom is -0.480 e. The van der Waals surface area contributed by atoms with Crippen molar-refractivity contribution in [2.75, 3.05) is 6.54 Å². The fourth-order valence-corrected chi connectivity index (χ4v) is 4.57. The van der Waals surface area contributed by atoms with E-state index in [9.17, 15) is 14.7 Å². The molecular formula is C12H23NO4Si. The average molecular weight is 273 g/mol. The Bertz CT molecular complexity index is 348. The predicted octanol–water partition coefficient (Wildman–Crippen LogP) is 2.40. The molecule has 0 spiro atoms. The maximum absolute atomic E-state index is 12.0. The van der Waals surface area contributed by atoms with E-state index in [1.54, 1.807) is 20.8 Å². The van der Waals surface area contributed by atoms with Crippen LogP contribution in [0.1, 0.15) is 20.8 Å². The molecule has 1 aliphatic heterocycles. The van der Waals surface area contributed by atoms with E-state index in [1.807, 2.05) is 0 Å². The molecule has 1 aliphatic rings. The topological polar surface area (TPSA) is 66.8 Å². The first-order valence-corrected chi connectivity index (χ1v) is 9.66. The number of hydrogen-bond donors (Lipinski definition) is 1. The van der Waals surface area contributed by atoms with E-state index in [-0.39, 0.29) is 0 Å². The van der Waals surface area contributed by atoms with E-state index in [2.05, 4.69) is 13.1 Å². The van der Waals surface area contributed by atoms with Gasteiger partial charge >= 0.3 is 12.1 Å². The van der Waals surface area contributed by atoms with Crippen molar-refractivity contribution in [3.05, 3.63) is 0 Å². The summed E-state index contributed by atoms with van der Waals surface area (Å²) in [5.41, 5.74) is -0.593. The molecule has 0 bridgehead atoms. The van der Waals surface area contributed by atoms with Crippen molar-refractivity contribution in [2.45, 2.75) is 57.6 Å². The summed E-state index contributed by atoms with van der Waals surface area (Å²) in [6, 6.07) is 0.799. The van der Waals surface area contributed by atoms with Crippen LogP contribution in [-0.2, 0) is 9.53 Å². The lowest BCUT2D eigenvalue weighted by Crippen LogP contribution is -2.55. The van der Waals surface area contributed by atoms with Gasteiger partial charge in [-0.05, 0) is 32.9 Å². The summed E-state index contributed by atoms with van der Waals surface area (Å²) >= 11 is 0. The van der Waals surface area contributed by atoms with Gasteiger partial charge in [-0.15, -0.1) is 0 Å². The largest absolute Gasteiger partial charge is 0.480 e. The van der Waals surface area contributed by atoms with E-state index < -0.39 is 31.8 Å². The quantitative estimate of drug-likeness (QED) is 0.745. The first kappa shape index (κ1) is 15.0. The number of rotatable bonds is 1. The van der Waals surface area contributed by atoms with Crippen LogP contribution in [0, 0.1) is 0 Å². The van der Waals surface area contributed by atoms with Crippen LogP contribution in [-0.4, -0.2) is 48.3 Å². The highest BCUT2D eigenvalue weighted by Crippen LogP contribution is 2.28. The van der Waals surface area contributed by atoms with Crippen LogP contribution in [0.25, 0.3) is 0 Å². The van der Waals surface area contributed by atoms with Crippen LogP contribution in [0.3, 0.4) is 0 Å². The molecule has 5 nitrogen and oxygen atoms in total. The smallest absolute Gasteiger partial charge is 0.411 e. The number of hydrogen-bond acceptors (Lipinski definition) is 3. The zero-order valence-corrected chi connectivity index (χ0v) is 12.8. The first-order chi connectivity index (χ1) is 8.02. The minimum absolute atomic E-state index is 0.491. The summed E-state index contributed by atoms with van der Waals surface area (Å²) in [6.45, 7) is 10.2. The number of carboxylic acids is 1. The fraction of sp³-hybridized carbons (Fsp3) is 0.833. The third kappa shape index (κ3) is 4.01. The van der Waals surface area contributed by atoms with Gasteiger partial charge in [0, 0.05) is 6.54 Å². The van der Waals surface area contributed by atoms with Gasteiger partial charge in [-0.3, -0.25) is 4.90 Å². The Balaban J connectivity index is 2.81. The van der Waals surface area contributed by atoms with Crippen molar-refractivity contribution < 1.29 is 19.4 Å². The summed E-state index contributed by atoms with van der Waals surface area (Å²) in [7, 11) is -1.49. The Morgan fingerprint density at radius 1 is 1.33 bits per heavy atom. The Morgan fingerprint density at radius 3 is 2.33 bits per heavy atom. The molecule has 6 heteroatoms. The number of aliphatic carboxylic acids is 1. The summed E-state index contributed by atoms with van der Waals surface area (Å²) in [4.78, 5) is 24.7. The molecule has 0 aliphatic carbocycles. The zero-order valence-electron chi connectivity index (χ0n) is 11.8. The van der Waals surface area contributed by atoms with Crippen molar-refractivity contribution in [1.29, 1.82) is 0 Å². The standard InChI is InChI=1S/C12H23NO4Si/c1-12(2,3)17-11(16)13-6-7-18(4,5)8-9(13)10(14)15/h9H,6-8H2,1-5H3,(H,14,15). The lowest BCUT2D eigenvalue weighted by Gasteiger charge is -2.40. The van der Waals surface area contributed by atoms with Gasteiger partial charge in [0.1, 0.15) is 11.6 Å². The molecule has 0 aromatic heterocycles. The molecule has 104 valence electrons. The second-order valence-corrected chi connectivity index (χ2v) is 11.9. The summed E-state index contributed by atoms with van der Waals surface area (Å²) in [5.74, 6) is -0.930. The maximum atomic E-state index is 12.0. The Labute approximate surface area is 109 Å². The van der Waals surface area contributed by atoms with E-state index in [0.29, 0.717) is 12.6 Å². The molecule has 1 amide bonds. The molecule has 0 aromatic rings. The lowest BCUT2D eigenvalue weighted by molar-refractivity contribution is -0.142. The van der Waals surface area contributed by atoms with Crippen molar-refractivity contribution in [2.24, 2.45) is 0 Å². The highest BCUT2D eigenvalue weighted by atomic mass is 28.3. The molecular weight excluding hydrogens is 250 g/mol. The van der Waals surface area contributed by atoms with Gasteiger partial charge in [0.2, 0.25) is 0 Å². The lowest BCUT2D eigenvalue weighted by atomic mass is 10.2. The van der Waals surface area contributed by atoms with E-state index in [1.165, 1.54) is 4.90 Å². The average Bonchev–Trinajstić information content (AvgIpc) is 2.12. The highest BCUT2D eigenvalue weighted by Gasteiger charge is 2.42. The molecule has 0 radical (unpaired) electrons. The number of carbonyl (C=O) groups is 2. The van der Waals surface area contributed by atoms with Crippen LogP contribution in [0.15, 0.2) is 0 Å². The molecule has 1 fully saturated rings. The first-order valence-electron chi connectivity index (χ1n) is 6.24. The molecule has 1 saturated heterocycles. The zero-order chi connectivity index (χ0) is 14.1. The van der Waals surface area contributed by atoms with Crippen LogP contribution >= 0.6 is 0 Å². The van der Waals surface area contributed by atoms with Gasteiger partial charge in [0.15, 0.2) is 0 Å². The predicted molar refractivity (Wildman–Crippen MR) is 71.5 cm³/mol. The van der Waals surface area contributed by atoms with Gasteiger partial charge < -0.3 is 9.84 Å². The third-order valence-corrected chi connectivity index (χ3v) is 6.13. The van der Waals surface area contributed by atoms with Crippen molar-refractivity contribution in [1.82, 2.24) is 4.90 Å². The van der Waals surface area contributed by atoms with E-state index in [0.717, 1.165) is 6.04 Å². The van der Waals surface area contributed by atoms with Gasteiger partial charge in [0.05, 0.1) is 8.07 Å². The summed E-state index contributed by atoms with van der Waals surface area (Å²) in [6.07, 6.45) is -0.514. The maximum Gasteiger partial charge on any atom is 0.411 e. The molecule has 0 aromatic carbocycles. The number of carbonyl (C=O) groups excluding carboxylic acids is 1. The van der Waals surface area contributed by atoms with Crippen LogP contribution in [0.4, 0.5) is 4.79 Å². The Morgan fingerprint density at radius 2 is 1.89 bits per heavy atom. The van der Waals surface area contributed by atoms with Crippen molar-refractivity contribution >= 4 is 20.1 Å². The number of amides is 1. The van der Waals surface area contributed by atoms with Gasteiger partial charge in [-0.25, -0.2) is 9.59 Å². The number of nitrogens with zero attached hydrogens (tertiary/aromatic N) is 1. The van der Waals surface area contributed by atoms with Crippen LogP contribution in [0.5, 0.6) is 0 Å². The molecule has 1 heterocycles. The monoisotopic (exact) mass is 273 g/mol. The highest BCUT2D eigenvalue weighted by molar-refractivity contribution is 6.78. The summed E-state index contributed by atoms with van der Waals surface area (Å²) in [5, 5.41) is 9.26. The van der Waals surface area contributed by atoms with Gasteiger partial charge in [-0.2, -0.15) is 0 Å². The Kier molecular flexibility index (Phi) is 4.10. The molecule has 1 atom stereocenters. The van der Waals surface area contributed by atoms with Crippen molar-refractivity contribution in [3.8, 4) is 0 Å². The normalized spacial score (nSPS) is 23.6.